The Labute approximate surface area is 87.5 Å². The van der Waals surface area contributed by atoms with Crippen molar-refractivity contribution in [3.05, 3.63) is 34.6 Å². The first-order chi connectivity index (χ1) is 6.66. The molecular weight excluding hydrogens is 203 g/mol. The van der Waals surface area contributed by atoms with Gasteiger partial charge in [0.15, 0.2) is 0 Å². The third-order valence-corrected chi connectivity index (χ3v) is 2.97. The highest BCUT2D eigenvalue weighted by atomic mass is 35.5. The van der Waals surface area contributed by atoms with Crippen LogP contribution in [0.15, 0.2) is 18.2 Å². The molecule has 1 N–H and O–H groups in total. The predicted octanol–water partition coefficient (Wildman–Crippen LogP) is 2.79. The molecule has 0 bridgehead atoms. The smallest absolute Gasteiger partial charge is 0.123 e. The van der Waals surface area contributed by atoms with E-state index in [1.807, 2.05) is 0 Å². The molecule has 1 aliphatic rings. The molecule has 76 valence electrons. The average Bonchev–Trinajstić information content (AvgIpc) is 2.94. The highest BCUT2D eigenvalue weighted by Gasteiger charge is 2.29. The van der Waals surface area contributed by atoms with E-state index in [2.05, 4.69) is 0 Å². The van der Waals surface area contributed by atoms with Gasteiger partial charge < -0.3 is 5.11 Å². The Hall–Kier alpha value is -0.600. The fourth-order valence-corrected chi connectivity index (χ4v) is 1.77. The number of halogens is 2. The van der Waals surface area contributed by atoms with E-state index >= 15 is 0 Å². The maximum Gasteiger partial charge on any atom is 0.123 e. The summed E-state index contributed by atoms with van der Waals surface area (Å²) in [7, 11) is 0. The lowest BCUT2D eigenvalue weighted by Crippen LogP contribution is -2.13. The fourth-order valence-electron chi connectivity index (χ4n) is 1.57. The second kappa shape index (κ2) is 3.87. The average molecular weight is 215 g/mol. The molecule has 1 unspecified atom stereocenters. The zero-order valence-electron chi connectivity index (χ0n) is 7.71. The summed E-state index contributed by atoms with van der Waals surface area (Å²) in [4.78, 5) is 0. The van der Waals surface area contributed by atoms with Gasteiger partial charge in [0.25, 0.3) is 0 Å². The van der Waals surface area contributed by atoms with Gasteiger partial charge in [-0.3, -0.25) is 0 Å². The van der Waals surface area contributed by atoms with Crippen LogP contribution >= 0.6 is 11.6 Å². The summed E-state index contributed by atoms with van der Waals surface area (Å²) < 4.78 is 12.9. The predicted molar refractivity (Wildman–Crippen MR) is 53.8 cm³/mol. The quantitative estimate of drug-likeness (QED) is 0.821. The Morgan fingerprint density at radius 1 is 1.50 bits per heavy atom. The molecule has 1 fully saturated rings. The lowest BCUT2D eigenvalue weighted by molar-refractivity contribution is 0.151. The second-order valence-electron chi connectivity index (χ2n) is 3.84. The molecule has 14 heavy (non-hydrogen) atoms. The van der Waals surface area contributed by atoms with E-state index in [0.29, 0.717) is 22.9 Å². The van der Waals surface area contributed by atoms with Gasteiger partial charge >= 0.3 is 0 Å². The van der Waals surface area contributed by atoms with Crippen molar-refractivity contribution in [2.45, 2.75) is 25.4 Å². The lowest BCUT2D eigenvalue weighted by atomic mass is 10.0. The molecular formula is C11H12ClFO. The van der Waals surface area contributed by atoms with Crippen molar-refractivity contribution in [2.24, 2.45) is 5.92 Å². The first-order valence-electron chi connectivity index (χ1n) is 4.79. The Morgan fingerprint density at radius 2 is 2.21 bits per heavy atom. The summed E-state index contributed by atoms with van der Waals surface area (Å²) in [6.07, 6.45) is 2.25. The summed E-state index contributed by atoms with van der Waals surface area (Å²) in [5.41, 5.74) is 0.700. The minimum Gasteiger partial charge on any atom is -0.392 e. The van der Waals surface area contributed by atoms with Gasteiger partial charge in [0.05, 0.1) is 6.10 Å². The van der Waals surface area contributed by atoms with Gasteiger partial charge in [0, 0.05) is 11.4 Å². The van der Waals surface area contributed by atoms with Gasteiger partial charge in [-0.1, -0.05) is 11.6 Å². The lowest BCUT2D eigenvalue weighted by Gasteiger charge is -2.10. The van der Waals surface area contributed by atoms with Crippen LogP contribution in [0.2, 0.25) is 5.02 Å². The number of hydrogen-bond acceptors (Lipinski definition) is 1. The first kappa shape index (κ1) is 9.94. The minimum atomic E-state index is -0.366. The highest BCUT2D eigenvalue weighted by Crippen LogP contribution is 2.34. The van der Waals surface area contributed by atoms with Crippen LogP contribution in [0.1, 0.15) is 18.4 Å². The number of aliphatic hydroxyl groups is 1. The Bertz CT molecular complexity index is 336. The van der Waals surface area contributed by atoms with Gasteiger partial charge in [0.2, 0.25) is 0 Å². The van der Waals surface area contributed by atoms with Crippen molar-refractivity contribution < 1.29 is 9.50 Å². The largest absolute Gasteiger partial charge is 0.392 e. The van der Waals surface area contributed by atoms with E-state index < -0.39 is 0 Å². The molecule has 1 saturated carbocycles. The van der Waals surface area contributed by atoms with E-state index in [1.165, 1.54) is 18.2 Å². The Kier molecular flexibility index (Phi) is 2.75. The molecule has 1 aromatic rings. The molecule has 0 heterocycles. The summed E-state index contributed by atoms with van der Waals surface area (Å²) in [6.45, 7) is 0. The van der Waals surface area contributed by atoms with Crippen LogP contribution in [0.3, 0.4) is 0 Å². The maximum atomic E-state index is 12.9. The zero-order valence-corrected chi connectivity index (χ0v) is 8.47. The number of aliphatic hydroxyl groups excluding tert-OH is 1. The number of benzene rings is 1. The van der Waals surface area contributed by atoms with Gasteiger partial charge in [-0.05, 0) is 42.5 Å². The van der Waals surface area contributed by atoms with E-state index in [9.17, 15) is 9.50 Å². The van der Waals surface area contributed by atoms with Crippen molar-refractivity contribution in [3.63, 3.8) is 0 Å². The third-order valence-electron chi connectivity index (χ3n) is 2.60. The fraction of sp³-hybridized carbons (Fsp3) is 0.455. The van der Waals surface area contributed by atoms with E-state index in [0.717, 1.165) is 12.8 Å². The van der Waals surface area contributed by atoms with Gasteiger partial charge in [-0.25, -0.2) is 4.39 Å². The molecule has 0 spiro atoms. The molecule has 0 amide bonds. The SMILES string of the molecule is OC(Cc1cc(F)ccc1Cl)C1CC1. The molecule has 0 radical (unpaired) electrons. The molecule has 2 rings (SSSR count). The highest BCUT2D eigenvalue weighted by molar-refractivity contribution is 6.31. The molecule has 0 aliphatic heterocycles. The molecule has 0 aromatic heterocycles. The molecule has 1 atom stereocenters. The van der Waals surface area contributed by atoms with Crippen molar-refractivity contribution in [3.8, 4) is 0 Å². The van der Waals surface area contributed by atoms with E-state index in [1.54, 1.807) is 0 Å². The Morgan fingerprint density at radius 3 is 2.86 bits per heavy atom. The molecule has 0 saturated heterocycles. The van der Waals surface area contributed by atoms with Gasteiger partial charge in [0.1, 0.15) is 5.82 Å². The second-order valence-corrected chi connectivity index (χ2v) is 4.25. The molecule has 1 aromatic carbocycles. The summed E-state index contributed by atoms with van der Waals surface area (Å²) in [5, 5.41) is 10.2. The summed E-state index contributed by atoms with van der Waals surface area (Å²) in [6, 6.07) is 4.26. The number of hydrogen-bond donors (Lipinski definition) is 1. The van der Waals surface area contributed by atoms with Gasteiger partial charge in [-0.15, -0.1) is 0 Å². The maximum absolute atomic E-state index is 12.9. The molecule has 3 heteroatoms. The standard InChI is InChI=1S/C11H12ClFO/c12-10-4-3-9(13)5-8(10)6-11(14)7-1-2-7/h3-5,7,11,14H,1-2,6H2. The number of rotatable bonds is 3. The normalized spacial score (nSPS) is 18.2. The third kappa shape index (κ3) is 2.25. The van der Waals surface area contributed by atoms with Crippen molar-refractivity contribution in [1.29, 1.82) is 0 Å². The van der Waals surface area contributed by atoms with E-state index in [4.69, 9.17) is 11.6 Å². The topological polar surface area (TPSA) is 20.2 Å². The van der Waals surface area contributed by atoms with Crippen LogP contribution in [0.4, 0.5) is 4.39 Å². The summed E-state index contributed by atoms with van der Waals surface area (Å²) in [5.74, 6) is 0.0988. The van der Waals surface area contributed by atoms with Crippen LogP contribution < -0.4 is 0 Å². The van der Waals surface area contributed by atoms with E-state index in [-0.39, 0.29) is 11.9 Å². The first-order valence-corrected chi connectivity index (χ1v) is 5.16. The molecule has 1 aliphatic carbocycles. The van der Waals surface area contributed by atoms with Crippen LogP contribution in [0.25, 0.3) is 0 Å². The monoisotopic (exact) mass is 214 g/mol. The van der Waals surface area contributed by atoms with Crippen LogP contribution in [0, 0.1) is 11.7 Å². The van der Waals surface area contributed by atoms with Gasteiger partial charge in [-0.2, -0.15) is 0 Å². The van der Waals surface area contributed by atoms with Crippen molar-refractivity contribution in [2.75, 3.05) is 0 Å². The summed E-state index contributed by atoms with van der Waals surface area (Å²) >= 11 is 5.89. The zero-order chi connectivity index (χ0) is 10.1. The van der Waals surface area contributed by atoms with Crippen molar-refractivity contribution >= 4 is 11.6 Å². The Balaban J connectivity index is 2.10. The van der Waals surface area contributed by atoms with Crippen LogP contribution in [-0.4, -0.2) is 11.2 Å². The van der Waals surface area contributed by atoms with Crippen LogP contribution in [0.5, 0.6) is 0 Å². The van der Waals surface area contributed by atoms with Crippen molar-refractivity contribution in [1.82, 2.24) is 0 Å². The molecule has 1 nitrogen and oxygen atoms in total. The minimum absolute atomic E-state index is 0.299. The van der Waals surface area contributed by atoms with Crippen LogP contribution in [-0.2, 0) is 6.42 Å².